The van der Waals surface area contributed by atoms with Crippen LogP contribution in [-0.4, -0.2) is 33.3 Å². The fraction of sp³-hybridized carbons (Fsp3) is 0.263. The van der Waals surface area contributed by atoms with E-state index in [2.05, 4.69) is 22.5 Å². The molecule has 5 heteroatoms. The van der Waals surface area contributed by atoms with Crippen molar-refractivity contribution in [1.29, 1.82) is 0 Å². The fourth-order valence-electron chi connectivity index (χ4n) is 3.29. The molecule has 1 fully saturated rings. The molecule has 1 saturated heterocycles. The minimum absolute atomic E-state index is 0.0639. The van der Waals surface area contributed by atoms with Gasteiger partial charge >= 0.3 is 6.03 Å². The average Bonchev–Trinajstić information content (AvgIpc) is 2.89. The number of fused-ring (bicyclic) bond motifs is 1. The molecule has 0 spiro atoms. The molecule has 3 aromatic rings. The van der Waals surface area contributed by atoms with Crippen molar-refractivity contribution in [1.82, 2.24) is 14.7 Å². The Hall–Kier alpha value is -2.82. The Labute approximate surface area is 140 Å². The van der Waals surface area contributed by atoms with Crippen LogP contribution in [0.2, 0.25) is 0 Å². The number of aryl methyl sites for hydroxylation is 1. The van der Waals surface area contributed by atoms with Crippen LogP contribution in [0.25, 0.3) is 10.9 Å². The topological polar surface area (TPSA) is 50.2 Å². The van der Waals surface area contributed by atoms with Gasteiger partial charge in [0.1, 0.15) is 0 Å². The number of likely N-dealkylation sites (tertiary alicyclic amines) is 1. The van der Waals surface area contributed by atoms with E-state index in [1.807, 2.05) is 54.4 Å². The third-order valence-corrected chi connectivity index (χ3v) is 4.70. The van der Waals surface area contributed by atoms with Gasteiger partial charge in [0.2, 0.25) is 0 Å². The lowest BCUT2D eigenvalue weighted by atomic mass is 9.96. The molecular formula is C19H20N4O. The molecule has 2 amide bonds. The van der Waals surface area contributed by atoms with Gasteiger partial charge in [-0.2, -0.15) is 5.10 Å². The number of hydrogen-bond acceptors (Lipinski definition) is 2. The van der Waals surface area contributed by atoms with E-state index in [-0.39, 0.29) is 12.1 Å². The summed E-state index contributed by atoms with van der Waals surface area (Å²) in [5.41, 5.74) is 2.28. The van der Waals surface area contributed by atoms with E-state index >= 15 is 0 Å². The Balaban J connectivity index is 1.48. The number of carbonyl (C=O) groups is 1. The third kappa shape index (κ3) is 2.62. The SMILES string of the molecule is Cn1nc(NC(=O)N2CCC2Cc2ccccc2)c2ccccc21. The molecule has 2 aromatic carbocycles. The third-order valence-electron chi connectivity index (χ3n) is 4.70. The zero-order valence-corrected chi connectivity index (χ0v) is 13.6. The molecule has 1 aromatic heterocycles. The van der Waals surface area contributed by atoms with Crippen LogP contribution < -0.4 is 5.32 Å². The van der Waals surface area contributed by atoms with Crippen molar-refractivity contribution >= 4 is 22.8 Å². The van der Waals surface area contributed by atoms with Crippen molar-refractivity contribution < 1.29 is 4.79 Å². The summed E-state index contributed by atoms with van der Waals surface area (Å²) in [4.78, 5) is 14.5. The van der Waals surface area contributed by atoms with Crippen molar-refractivity contribution in [2.45, 2.75) is 18.9 Å². The molecule has 1 aliphatic rings. The molecule has 2 heterocycles. The molecule has 0 bridgehead atoms. The molecule has 5 nitrogen and oxygen atoms in total. The van der Waals surface area contributed by atoms with Crippen LogP contribution in [0.5, 0.6) is 0 Å². The van der Waals surface area contributed by atoms with Gasteiger partial charge in [-0.3, -0.25) is 10.00 Å². The highest BCUT2D eigenvalue weighted by Gasteiger charge is 2.32. The fourth-order valence-corrected chi connectivity index (χ4v) is 3.29. The van der Waals surface area contributed by atoms with Gasteiger partial charge in [0.05, 0.1) is 5.52 Å². The number of urea groups is 1. The van der Waals surface area contributed by atoms with Gasteiger partial charge in [-0.15, -0.1) is 0 Å². The Bertz CT molecular complexity index is 871. The standard InChI is InChI=1S/C19H20N4O/c1-22-17-10-6-5-9-16(17)18(21-22)20-19(24)23-12-11-15(23)13-14-7-3-2-4-8-14/h2-10,15H,11-13H2,1H3,(H,20,21,24). The van der Waals surface area contributed by atoms with Crippen LogP contribution in [0, 0.1) is 0 Å². The Kier molecular flexibility index (Phi) is 3.69. The van der Waals surface area contributed by atoms with E-state index in [1.54, 1.807) is 4.68 Å². The number of amides is 2. The van der Waals surface area contributed by atoms with Gasteiger partial charge in [0, 0.05) is 25.0 Å². The van der Waals surface area contributed by atoms with Gasteiger partial charge in [-0.25, -0.2) is 4.79 Å². The van der Waals surface area contributed by atoms with Gasteiger partial charge in [0.25, 0.3) is 0 Å². The summed E-state index contributed by atoms with van der Waals surface area (Å²) in [5.74, 6) is 0.628. The monoisotopic (exact) mass is 320 g/mol. The Morgan fingerprint density at radius 2 is 1.92 bits per heavy atom. The van der Waals surface area contributed by atoms with Gasteiger partial charge < -0.3 is 4.90 Å². The van der Waals surface area contributed by atoms with E-state index in [0.717, 1.165) is 30.3 Å². The van der Waals surface area contributed by atoms with Crippen molar-refractivity contribution in [3.63, 3.8) is 0 Å². The minimum Gasteiger partial charge on any atom is -0.321 e. The minimum atomic E-state index is -0.0639. The summed E-state index contributed by atoms with van der Waals surface area (Å²) in [6.45, 7) is 0.800. The molecule has 0 aliphatic carbocycles. The normalized spacial score (nSPS) is 16.9. The zero-order chi connectivity index (χ0) is 16.5. The van der Waals surface area contributed by atoms with E-state index < -0.39 is 0 Å². The number of nitrogens with zero attached hydrogens (tertiary/aromatic N) is 3. The largest absolute Gasteiger partial charge is 0.323 e. The van der Waals surface area contributed by atoms with Crippen molar-refractivity contribution in [2.24, 2.45) is 7.05 Å². The van der Waals surface area contributed by atoms with Crippen LogP contribution >= 0.6 is 0 Å². The second kappa shape index (κ2) is 6.00. The lowest BCUT2D eigenvalue weighted by molar-refractivity contribution is 0.125. The van der Waals surface area contributed by atoms with Gasteiger partial charge in [0.15, 0.2) is 5.82 Å². The number of rotatable bonds is 3. The highest BCUT2D eigenvalue weighted by atomic mass is 16.2. The second-order valence-corrected chi connectivity index (χ2v) is 6.25. The summed E-state index contributed by atoms with van der Waals surface area (Å²) in [5, 5.41) is 8.38. The maximum atomic E-state index is 12.6. The Morgan fingerprint density at radius 1 is 1.17 bits per heavy atom. The van der Waals surface area contributed by atoms with Crippen LogP contribution in [0.1, 0.15) is 12.0 Å². The lowest BCUT2D eigenvalue weighted by Gasteiger charge is -2.40. The molecular weight excluding hydrogens is 300 g/mol. The molecule has 0 radical (unpaired) electrons. The average molecular weight is 320 g/mol. The van der Waals surface area contributed by atoms with Crippen LogP contribution in [0.15, 0.2) is 54.6 Å². The van der Waals surface area contributed by atoms with Crippen LogP contribution in [0.4, 0.5) is 10.6 Å². The number of carbonyl (C=O) groups excluding carboxylic acids is 1. The first-order valence-corrected chi connectivity index (χ1v) is 8.25. The molecule has 4 rings (SSSR count). The molecule has 122 valence electrons. The first-order valence-electron chi connectivity index (χ1n) is 8.25. The van der Waals surface area contributed by atoms with Crippen LogP contribution in [0.3, 0.4) is 0 Å². The summed E-state index contributed by atoms with van der Waals surface area (Å²) in [6, 6.07) is 18.4. The molecule has 24 heavy (non-hydrogen) atoms. The Morgan fingerprint density at radius 3 is 2.67 bits per heavy atom. The number of anilines is 1. The first kappa shape index (κ1) is 14.8. The van der Waals surface area contributed by atoms with Crippen molar-refractivity contribution in [3.05, 3.63) is 60.2 Å². The van der Waals surface area contributed by atoms with Gasteiger partial charge in [-0.1, -0.05) is 42.5 Å². The summed E-state index contributed by atoms with van der Waals surface area (Å²) >= 11 is 0. The summed E-state index contributed by atoms with van der Waals surface area (Å²) in [7, 11) is 1.89. The number of benzene rings is 2. The maximum absolute atomic E-state index is 12.6. The van der Waals surface area contributed by atoms with E-state index in [0.29, 0.717) is 5.82 Å². The zero-order valence-electron chi connectivity index (χ0n) is 13.6. The quantitative estimate of drug-likeness (QED) is 0.804. The summed E-state index contributed by atoms with van der Waals surface area (Å²) in [6.07, 6.45) is 1.95. The highest BCUT2D eigenvalue weighted by Crippen LogP contribution is 2.25. The number of hydrogen-bond donors (Lipinski definition) is 1. The molecule has 1 unspecified atom stereocenters. The van der Waals surface area contributed by atoms with Crippen molar-refractivity contribution in [2.75, 3.05) is 11.9 Å². The van der Waals surface area contributed by atoms with E-state index in [1.165, 1.54) is 5.56 Å². The predicted molar refractivity (Wildman–Crippen MR) is 95.0 cm³/mol. The predicted octanol–water partition coefficient (Wildman–Crippen LogP) is 3.42. The first-order chi connectivity index (χ1) is 11.7. The number of aromatic nitrogens is 2. The second-order valence-electron chi connectivity index (χ2n) is 6.25. The van der Waals surface area contributed by atoms with Crippen LogP contribution in [-0.2, 0) is 13.5 Å². The van der Waals surface area contributed by atoms with Gasteiger partial charge in [-0.05, 0) is 30.5 Å². The molecule has 1 atom stereocenters. The molecule has 1 aliphatic heterocycles. The summed E-state index contributed by atoms with van der Waals surface area (Å²) < 4.78 is 1.79. The smallest absolute Gasteiger partial charge is 0.321 e. The maximum Gasteiger partial charge on any atom is 0.323 e. The number of para-hydroxylation sites is 1. The molecule has 1 N–H and O–H groups in total. The van der Waals surface area contributed by atoms with Crippen molar-refractivity contribution in [3.8, 4) is 0 Å². The highest BCUT2D eigenvalue weighted by molar-refractivity contribution is 5.99. The molecule has 0 saturated carbocycles. The number of nitrogens with one attached hydrogen (secondary N) is 1. The van der Waals surface area contributed by atoms with E-state index in [9.17, 15) is 4.79 Å². The van der Waals surface area contributed by atoms with E-state index in [4.69, 9.17) is 0 Å². The lowest BCUT2D eigenvalue weighted by Crippen LogP contribution is -2.53.